The van der Waals surface area contributed by atoms with Crippen molar-refractivity contribution in [2.24, 2.45) is 0 Å². The maximum absolute atomic E-state index is 13.5. The summed E-state index contributed by atoms with van der Waals surface area (Å²) in [7, 11) is 0. The molecule has 0 bridgehead atoms. The number of nitrogens with zero attached hydrogens (tertiary/aromatic N) is 1. The van der Waals surface area contributed by atoms with Crippen LogP contribution in [0.2, 0.25) is 0 Å². The molecule has 6 nitrogen and oxygen atoms in total. The van der Waals surface area contributed by atoms with E-state index in [0.717, 1.165) is 11.1 Å². The zero-order valence-corrected chi connectivity index (χ0v) is 17.6. The van der Waals surface area contributed by atoms with Crippen molar-refractivity contribution in [2.45, 2.75) is 24.5 Å². The number of hydrogen-bond donors (Lipinski definition) is 3. The number of pyridine rings is 1. The Kier molecular flexibility index (Phi) is 6.48. The maximum atomic E-state index is 13.5. The summed E-state index contributed by atoms with van der Waals surface area (Å²) in [5, 5.41) is 14.3. The number of aliphatic hydroxyl groups excluding tert-OH is 1. The van der Waals surface area contributed by atoms with E-state index in [1.165, 1.54) is 30.3 Å². The summed E-state index contributed by atoms with van der Waals surface area (Å²) in [5.74, 6) is -0.704. The summed E-state index contributed by atoms with van der Waals surface area (Å²) in [6, 6.07) is 20.3. The highest BCUT2D eigenvalue weighted by Gasteiger charge is 2.45. The molecule has 1 aliphatic heterocycles. The van der Waals surface area contributed by atoms with Crippen LogP contribution in [0.1, 0.15) is 28.0 Å². The number of β-amino-alcohol motifs (C(OH)–C–C–N with tert-alkyl or cyclic N) is 1. The molecule has 1 aliphatic rings. The van der Waals surface area contributed by atoms with E-state index >= 15 is 0 Å². The van der Waals surface area contributed by atoms with Gasteiger partial charge in [-0.3, -0.25) is 9.59 Å². The van der Waals surface area contributed by atoms with E-state index < -0.39 is 17.6 Å². The normalized spacial score (nSPS) is 21.2. The summed E-state index contributed by atoms with van der Waals surface area (Å²) in [6.45, 7) is 1.67. The number of aromatic nitrogens is 1. The number of aliphatic hydroxyl groups is 1. The van der Waals surface area contributed by atoms with Gasteiger partial charge in [0.25, 0.3) is 5.91 Å². The minimum atomic E-state index is -0.986. The summed E-state index contributed by atoms with van der Waals surface area (Å²) in [6.07, 6.45) is 0.287. The average molecular weight is 435 g/mol. The number of nitrogens with one attached hydrogen (secondary N) is 2. The van der Waals surface area contributed by atoms with Crippen molar-refractivity contribution in [3.8, 4) is 0 Å². The second-order valence-corrected chi connectivity index (χ2v) is 8.17. The van der Waals surface area contributed by atoms with Crippen LogP contribution < -0.4 is 10.9 Å². The van der Waals surface area contributed by atoms with Gasteiger partial charge in [0, 0.05) is 25.7 Å². The Bertz CT molecular complexity index is 1130. The number of aromatic amines is 1. The number of H-pyrrole nitrogens is 1. The molecule has 166 valence electrons. The summed E-state index contributed by atoms with van der Waals surface area (Å²) in [5.41, 5.74) is 0.512. The van der Waals surface area contributed by atoms with Crippen molar-refractivity contribution in [2.75, 3.05) is 19.6 Å². The number of carbonyl (C=O) groups is 1. The SMILES string of the molecule is O=C(N[C@@]1(c2ccccc2)CCN(CCc2cccc(F)c2)C[C@H]1O)c1cccc(=O)[nH]1. The second kappa shape index (κ2) is 9.46. The number of likely N-dealkylation sites (tertiary alicyclic amines) is 1. The van der Waals surface area contributed by atoms with Crippen LogP contribution in [0.3, 0.4) is 0 Å². The van der Waals surface area contributed by atoms with Gasteiger partial charge in [-0.1, -0.05) is 48.5 Å². The molecular formula is C25H26FN3O3. The van der Waals surface area contributed by atoms with Crippen molar-refractivity contribution >= 4 is 5.91 Å². The van der Waals surface area contributed by atoms with Crippen LogP contribution in [0, 0.1) is 5.82 Å². The smallest absolute Gasteiger partial charge is 0.268 e. The second-order valence-electron chi connectivity index (χ2n) is 8.17. The Hall–Kier alpha value is -3.29. The average Bonchev–Trinajstić information content (AvgIpc) is 2.80. The highest BCUT2D eigenvalue weighted by molar-refractivity contribution is 5.92. The molecule has 0 radical (unpaired) electrons. The third kappa shape index (κ3) is 4.79. The molecule has 1 fully saturated rings. The van der Waals surface area contributed by atoms with Gasteiger partial charge in [0.2, 0.25) is 5.56 Å². The number of benzene rings is 2. The van der Waals surface area contributed by atoms with Gasteiger partial charge in [-0.15, -0.1) is 0 Å². The molecule has 1 saturated heterocycles. The van der Waals surface area contributed by atoms with Gasteiger partial charge in [-0.2, -0.15) is 0 Å². The fourth-order valence-corrected chi connectivity index (χ4v) is 4.32. The van der Waals surface area contributed by atoms with Crippen LogP contribution in [0.5, 0.6) is 0 Å². The number of amides is 1. The van der Waals surface area contributed by atoms with Crippen LogP contribution in [-0.2, 0) is 12.0 Å². The minimum absolute atomic E-state index is 0.147. The summed E-state index contributed by atoms with van der Waals surface area (Å²) >= 11 is 0. The lowest BCUT2D eigenvalue weighted by atomic mass is 9.78. The molecule has 1 aromatic heterocycles. The predicted molar refractivity (Wildman–Crippen MR) is 120 cm³/mol. The highest BCUT2D eigenvalue weighted by Crippen LogP contribution is 2.34. The van der Waals surface area contributed by atoms with Crippen molar-refractivity contribution in [3.63, 3.8) is 0 Å². The molecule has 2 atom stereocenters. The molecule has 1 amide bonds. The fourth-order valence-electron chi connectivity index (χ4n) is 4.32. The first-order valence-electron chi connectivity index (χ1n) is 10.7. The number of carbonyl (C=O) groups excluding carboxylic acids is 1. The van der Waals surface area contributed by atoms with Gasteiger partial charge < -0.3 is 20.3 Å². The molecule has 7 heteroatoms. The van der Waals surface area contributed by atoms with E-state index in [1.807, 2.05) is 36.4 Å². The van der Waals surface area contributed by atoms with E-state index in [4.69, 9.17) is 0 Å². The topological polar surface area (TPSA) is 85.4 Å². The number of hydrogen-bond acceptors (Lipinski definition) is 4. The predicted octanol–water partition coefficient (Wildman–Crippen LogP) is 2.45. The zero-order chi connectivity index (χ0) is 22.6. The third-order valence-corrected chi connectivity index (χ3v) is 6.07. The quantitative estimate of drug-likeness (QED) is 0.555. The lowest BCUT2D eigenvalue weighted by molar-refractivity contribution is -0.0152. The first-order chi connectivity index (χ1) is 15.5. The van der Waals surface area contributed by atoms with Crippen molar-refractivity contribution < 1.29 is 14.3 Å². The van der Waals surface area contributed by atoms with E-state index in [9.17, 15) is 19.1 Å². The minimum Gasteiger partial charge on any atom is -0.389 e. The Morgan fingerprint density at radius 3 is 2.62 bits per heavy atom. The zero-order valence-electron chi connectivity index (χ0n) is 17.6. The molecule has 0 saturated carbocycles. The van der Waals surface area contributed by atoms with Gasteiger partial charge >= 0.3 is 0 Å². The lowest BCUT2D eigenvalue weighted by Gasteiger charge is -2.46. The van der Waals surface area contributed by atoms with E-state index in [-0.39, 0.29) is 17.1 Å². The van der Waals surface area contributed by atoms with Crippen LogP contribution >= 0.6 is 0 Å². The molecule has 0 spiro atoms. The molecule has 2 heterocycles. The molecule has 4 rings (SSSR count). The molecule has 3 aromatic rings. The number of piperidine rings is 1. The van der Waals surface area contributed by atoms with Crippen LogP contribution in [-0.4, -0.2) is 46.6 Å². The fraction of sp³-hybridized carbons (Fsp3) is 0.280. The van der Waals surface area contributed by atoms with Crippen LogP contribution in [0.25, 0.3) is 0 Å². The van der Waals surface area contributed by atoms with Gasteiger partial charge in [-0.05, 0) is 42.2 Å². The molecule has 32 heavy (non-hydrogen) atoms. The Labute approximate surface area is 185 Å². The summed E-state index contributed by atoms with van der Waals surface area (Å²) in [4.78, 5) is 29.3. The Morgan fingerprint density at radius 1 is 1.12 bits per heavy atom. The molecule has 0 aliphatic carbocycles. The first kappa shape index (κ1) is 21.9. The number of halogens is 1. The van der Waals surface area contributed by atoms with Crippen LogP contribution in [0.4, 0.5) is 4.39 Å². The largest absolute Gasteiger partial charge is 0.389 e. The standard InChI is InChI=1S/C25H26FN3O3/c26-20-9-4-6-18(16-20)12-14-29-15-13-25(22(30)17-29,19-7-2-1-3-8-19)28-24(32)21-10-5-11-23(31)27-21/h1-11,16,22,30H,12-15,17H2,(H,27,31)(H,28,32)/t22-,25-/m1/s1. The monoisotopic (exact) mass is 435 g/mol. The molecule has 0 unspecified atom stereocenters. The van der Waals surface area contributed by atoms with E-state index in [1.54, 1.807) is 6.07 Å². The maximum Gasteiger partial charge on any atom is 0.268 e. The van der Waals surface area contributed by atoms with E-state index in [0.29, 0.717) is 32.5 Å². The van der Waals surface area contributed by atoms with Crippen molar-refractivity contribution in [1.29, 1.82) is 0 Å². The van der Waals surface area contributed by atoms with Crippen molar-refractivity contribution in [1.82, 2.24) is 15.2 Å². The lowest BCUT2D eigenvalue weighted by Crippen LogP contribution is -2.62. The Balaban J connectivity index is 1.52. The van der Waals surface area contributed by atoms with Crippen LogP contribution in [0.15, 0.2) is 77.6 Å². The van der Waals surface area contributed by atoms with Gasteiger partial charge in [-0.25, -0.2) is 4.39 Å². The first-order valence-corrected chi connectivity index (χ1v) is 10.7. The Morgan fingerprint density at radius 2 is 1.91 bits per heavy atom. The van der Waals surface area contributed by atoms with Crippen molar-refractivity contribution in [3.05, 3.63) is 106 Å². The molecule has 3 N–H and O–H groups in total. The molecular weight excluding hydrogens is 409 g/mol. The number of rotatable bonds is 6. The van der Waals surface area contributed by atoms with Gasteiger partial charge in [0.15, 0.2) is 0 Å². The third-order valence-electron chi connectivity index (χ3n) is 6.07. The van der Waals surface area contributed by atoms with Gasteiger partial charge in [0.1, 0.15) is 11.5 Å². The molecule has 2 aromatic carbocycles. The summed E-state index contributed by atoms with van der Waals surface area (Å²) < 4.78 is 13.5. The highest BCUT2D eigenvalue weighted by atomic mass is 19.1. The van der Waals surface area contributed by atoms with E-state index in [2.05, 4.69) is 15.2 Å². The van der Waals surface area contributed by atoms with Gasteiger partial charge in [0.05, 0.1) is 11.6 Å².